The van der Waals surface area contributed by atoms with Crippen LogP contribution in [0.1, 0.15) is 44.0 Å². The Hall–Kier alpha value is -1.76. The zero-order valence-corrected chi connectivity index (χ0v) is 14.2. The fraction of sp³-hybridized carbons (Fsp3) is 0.556. The maximum atomic E-state index is 12.7. The van der Waals surface area contributed by atoms with Gasteiger partial charge in [-0.25, -0.2) is 10.0 Å². The number of carbonyl (C=O) groups is 2. The smallest absolute Gasteiger partial charge is 0.338 e. The Morgan fingerprint density at radius 1 is 1.33 bits per heavy atom. The van der Waals surface area contributed by atoms with Crippen LogP contribution in [0, 0.1) is 27.9 Å². The number of hydrogen-bond donors (Lipinski definition) is 2. The molecule has 2 saturated carbocycles. The average molecular weight is 333 g/mol. The molecule has 130 valence electrons. The highest BCUT2D eigenvalue weighted by atomic mass is 16.8. The van der Waals surface area contributed by atoms with E-state index < -0.39 is 11.2 Å². The molecule has 2 N–H and O–H groups in total. The Kier molecular flexibility index (Phi) is 4.02. The van der Waals surface area contributed by atoms with Crippen molar-refractivity contribution in [3.05, 3.63) is 35.0 Å². The van der Waals surface area contributed by atoms with Crippen LogP contribution in [-0.4, -0.2) is 23.6 Å². The number of hydrogen-bond acceptors (Lipinski definition) is 5. The first-order chi connectivity index (χ1) is 11.2. The molecule has 4 atom stereocenters. The van der Waals surface area contributed by atoms with Crippen LogP contribution < -0.4 is 5.23 Å². The van der Waals surface area contributed by atoms with Crippen molar-refractivity contribution in [2.45, 2.75) is 33.6 Å². The highest BCUT2D eigenvalue weighted by Gasteiger charge is 2.66. The molecule has 0 aromatic heterocycles. The predicted molar refractivity (Wildman–Crippen MR) is 85.6 cm³/mol. The van der Waals surface area contributed by atoms with Crippen molar-refractivity contribution in [2.75, 3.05) is 6.61 Å². The number of ether oxygens (including phenoxy) is 1. The standard InChI is InChI=1S/C18H23NO5/c1-17(2)14-8-9-18(17,3)15(20)13(14)10-24-16(21)11-4-6-12(7-5-11)19(22)23/h4-7,13-14,19,22H,8-10H2,1-3H3/t13-,14+,18-/m1/s1. The number of nitrogens with one attached hydrogen (secondary N) is 1. The fourth-order valence-corrected chi connectivity index (χ4v) is 4.46. The van der Waals surface area contributed by atoms with Gasteiger partial charge in [0.2, 0.25) is 0 Å². The number of Topliss-reactive ketones (excluding diaryl/α,β-unsaturated/α-hetero) is 1. The largest absolute Gasteiger partial charge is 0.595 e. The van der Waals surface area contributed by atoms with Crippen molar-refractivity contribution < 1.29 is 24.8 Å². The Labute approximate surface area is 140 Å². The molecule has 24 heavy (non-hydrogen) atoms. The molecule has 0 aliphatic heterocycles. The van der Waals surface area contributed by atoms with Gasteiger partial charge >= 0.3 is 5.97 Å². The van der Waals surface area contributed by atoms with E-state index in [4.69, 9.17) is 9.94 Å². The molecular formula is C18H23NO5. The van der Waals surface area contributed by atoms with Crippen LogP contribution in [0.5, 0.6) is 0 Å². The van der Waals surface area contributed by atoms with Gasteiger partial charge in [-0.1, -0.05) is 20.8 Å². The second-order valence-corrected chi connectivity index (χ2v) is 7.65. The lowest BCUT2D eigenvalue weighted by Crippen LogP contribution is -2.99. The van der Waals surface area contributed by atoms with Gasteiger partial charge in [-0.05, 0) is 36.3 Å². The molecule has 2 fully saturated rings. The van der Waals surface area contributed by atoms with Crippen LogP contribution in [0.25, 0.3) is 0 Å². The summed E-state index contributed by atoms with van der Waals surface area (Å²) in [5.74, 6) is -0.304. The summed E-state index contributed by atoms with van der Waals surface area (Å²) in [5.41, 5.74) is 0.0212. The third-order valence-electron chi connectivity index (χ3n) is 6.43. The number of ketones is 1. The van der Waals surface area contributed by atoms with Crippen molar-refractivity contribution in [3.63, 3.8) is 0 Å². The molecule has 2 aliphatic carbocycles. The van der Waals surface area contributed by atoms with Gasteiger partial charge in [-0.3, -0.25) is 4.79 Å². The van der Waals surface area contributed by atoms with Crippen LogP contribution in [0.4, 0.5) is 5.69 Å². The lowest BCUT2D eigenvalue weighted by atomic mass is 9.70. The lowest BCUT2D eigenvalue weighted by Gasteiger charge is -2.32. The van der Waals surface area contributed by atoms with Crippen molar-refractivity contribution >= 4 is 17.4 Å². The van der Waals surface area contributed by atoms with Crippen LogP contribution in [0.3, 0.4) is 0 Å². The molecule has 0 spiro atoms. The number of benzene rings is 1. The number of carbonyl (C=O) groups excluding carboxylic acids is 2. The first-order valence-electron chi connectivity index (χ1n) is 8.23. The minimum Gasteiger partial charge on any atom is -0.595 e. The van der Waals surface area contributed by atoms with Crippen LogP contribution in [-0.2, 0) is 9.53 Å². The Bertz CT molecular complexity index is 666. The molecule has 6 nitrogen and oxygen atoms in total. The van der Waals surface area contributed by atoms with Crippen LogP contribution in [0.2, 0.25) is 0 Å². The van der Waals surface area contributed by atoms with Gasteiger partial charge < -0.3 is 9.94 Å². The number of rotatable bonds is 4. The predicted octanol–water partition coefficient (Wildman–Crippen LogP) is 1.89. The summed E-state index contributed by atoms with van der Waals surface area (Å²) in [6, 6.07) is 5.59. The SMILES string of the molecule is CC1(C)[C@H]2CC[C@]1(C)C(=O)[C@@H]2COC(=O)c1ccc([NH+]([O-])O)cc1. The highest BCUT2D eigenvalue weighted by molar-refractivity contribution is 5.93. The van der Waals surface area contributed by atoms with E-state index in [2.05, 4.69) is 13.8 Å². The zero-order valence-electron chi connectivity index (χ0n) is 14.2. The molecule has 0 amide bonds. The Morgan fingerprint density at radius 3 is 2.46 bits per heavy atom. The van der Waals surface area contributed by atoms with E-state index in [1.165, 1.54) is 24.3 Å². The second-order valence-electron chi connectivity index (χ2n) is 7.65. The molecule has 1 aromatic rings. The van der Waals surface area contributed by atoms with E-state index in [0.29, 0.717) is 5.56 Å². The van der Waals surface area contributed by atoms with Crippen LogP contribution in [0.15, 0.2) is 24.3 Å². The number of fused-ring (bicyclic) bond motifs is 2. The van der Waals surface area contributed by atoms with E-state index in [0.717, 1.165) is 12.8 Å². The fourth-order valence-electron chi connectivity index (χ4n) is 4.46. The molecule has 6 heteroatoms. The molecule has 1 unspecified atom stereocenters. The van der Waals surface area contributed by atoms with Gasteiger partial charge in [-0.2, -0.15) is 5.23 Å². The molecule has 3 rings (SSSR count). The van der Waals surface area contributed by atoms with Gasteiger partial charge in [0.05, 0.1) is 11.5 Å². The summed E-state index contributed by atoms with van der Waals surface area (Å²) in [5, 5.41) is 18.7. The quantitative estimate of drug-likeness (QED) is 0.648. The van der Waals surface area contributed by atoms with E-state index in [1.54, 1.807) is 0 Å². The third kappa shape index (κ3) is 2.37. The van der Waals surface area contributed by atoms with Crippen molar-refractivity contribution in [1.82, 2.24) is 0 Å². The summed E-state index contributed by atoms with van der Waals surface area (Å²) < 4.78 is 5.37. The normalized spacial score (nSPS) is 32.0. The summed E-state index contributed by atoms with van der Waals surface area (Å²) >= 11 is 0. The molecule has 1 aromatic carbocycles. The van der Waals surface area contributed by atoms with Crippen LogP contribution >= 0.6 is 0 Å². The lowest BCUT2D eigenvalue weighted by molar-refractivity contribution is -0.991. The monoisotopic (exact) mass is 333 g/mol. The first-order valence-corrected chi connectivity index (χ1v) is 8.23. The van der Waals surface area contributed by atoms with Gasteiger partial charge in [0.25, 0.3) is 0 Å². The number of quaternary nitrogens is 1. The Morgan fingerprint density at radius 2 is 1.96 bits per heavy atom. The molecule has 0 heterocycles. The Balaban J connectivity index is 1.66. The topological polar surface area (TPSA) is 91.1 Å². The minimum atomic E-state index is -1.04. The molecule has 0 saturated heterocycles. The second kappa shape index (κ2) is 5.65. The van der Waals surface area contributed by atoms with Crippen molar-refractivity contribution in [2.24, 2.45) is 22.7 Å². The molecule has 2 bridgehead atoms. The summed E-state index contributed by atoms with van der Waals surface area (Å²) in [6.45, 7) is 6.40. The van der Waals surface area contributed by atoms with E-state index >= 15 is 0 Å². The van der Waals surface area contributed by atoms with Gasteiger partial charge in [0.15, 0.2) is 5.69 Å². The van der Waals surface area contributed by atoms with Gasteiger partial charge in [0.1, 0.15) is 12.4 Å². The maximum absolute atomic E-state index is 12.7. The van der Waals surface area contributed by atoms with Gasteiger partial charge in [0, 0.05) is 17.5 Å². The highest BCUT2D eigenvalue weighted by Crippen LogP contribution is 2.65. The maximum Gasteiger partial charge on any atom is 0.338 e. The molecule has 0 radical (unpaired) electrons. The third-order valence-corrected chi connectivity index (χ3v) is 6.43. The zero-order chi connectivity index (χ0) is 17.7. The summed E-state index contributed by atoms with van der Waals surface area (Å²) in [6.07, 6.45) is 1.90. The summed E-state index contributed by atoms with van der Waals surface area (Å²) in [7, 11) is 0. The van der Waals surface area contributed by atoms with E-state index in [9.17, 15) is 14.8 Å². The molecule has 2 aliphatic rings. The minimum absolute atomic E-state index is 0.0652. The van der Waals surface area contributed by atoms with Gasteiger partial charge in [-0.15, -0.1) is 0 Å². The average Bonchev–Trinajstić information content (AvgIpc) is 2.85. The molecular weight excluding hydrogens is 310 g/mol. The van der Waals surface area contributed by atoms with Crippen molar-refractivity contribution in [3.8, 4) is 0 Å². The van der Waals surface area contributed by atoms with Crippen molar-refractivity contribution in [1.29, 1.82) is 0 Å². The summed E-state index contributed by atoms with van der Waals surface area (Å²) in [4.78, 5) is 24.9. The van der Waals surface area contributed by atoms with E-state index in [1.807, 2.05) is 6.92 Å². The number of esters is 1. The van der Waals surface area contributed by atoms with E-state index in [-0.39, 0.29) is 40.7 Å². The first kappa shape index (κ1) is 17.1.